The molecule has 2 N–H and O–H groups in total. The Labute approximate surface area is 120 Å². The minimum absolute atomic E-state index is 0. The van der Waals surface area contributed by atoms with E-state index >= 15 is 0 Å². The summed E-state index contributed by atoms with van der Waals surface area (Å²) in [5.74, 6) is -1.48. The molecule has 0 atom stereocenters. The van der Waals surface area contributed by atoms with Gasteiger partial charge >= 0.3 is 16.5 Å². The first kappa shape index (κ1) is 16.7. The van der Waals surface area contributed by atoms with Crippen molar-refractivity contribution in [2.75, 3.05) is 0 Å². The summed E-state index contributed by atoms with van der Waals surface area (Å²) in [5.41, 5.74) is 13.6. The molecule has 0 spiro atoms. The number of rotatable bonds is 2. The molecule has 0 radical (unpaired) electrons. The van der Waals surface area contributed by atoms with Gasteiger partial charge in [0.2, 0.25) is 0 Å². The van der Waals surface area contributed by atoms with Gasteiger partial charge in [-0.3, -0.25) is 9.97 Å². The Bertz CT molecular complexity index is 470. The van der Waals surface area contributed by atoms with E-state index < -0.39 is 11.8 Å². The molecule has 2 amide bonds. The summed E-state index contributed by atoms with van der Waals surface area (Å²) in [4.78, 5) is 27.8. The SMILES string of the molecule is [NH-]C(=O)c1ccccn1.[NH-]C(=O)c1ccccn1.[Ni+2]. The molecule has 0 aliphatic rings. The van der Waals surface area contributed by atoms with Crippen LogP contribution in [0.3, 0.4) is 0 Å². The minimum Gasteiger partial charge on any atom is -0.662 e. The summed E-state index contributed by atoms with van der Waals surface area (Å²) >= 11 is 0. The molecule has 19 heavy (non-hydrogen) atoms. The Kier molecular flexibility index (Phi) is 7.72. The maximum atomic E-state index is 10.2. The van der Waals surface area contributed by atoms with Gasteiger partial charge < -0.3 is 21.1 Å². The zero-order valence-electron chi connectivity index (χ0n) is 9.65. The van der Waals surface area contributed by atoms with E-state index in [4.69, 9.17) is 11.5 Å². The van der Waals surface area contributed by atoms with Crippen LogP contribution in [0.2, 0.25) is 0 Å². The molecule has 0 aliphatic heterocycles. The maximum absolute atomic E-state index is 10.2. The standard InChI is InChI=1S/2C6H6N2O.Ni/c2*7-6(9)5-3-1-2-4-8-5;/h2*1-4H,(H2,7,9);/q;;+2/p-2. The molecule has 0 unspecified atom stereocenters. The molecule has 0 aromatic carbocycles. The van der Waals surface area contributed by atoms with Gasteiger partial charge in [0.15, 0.2) is 0 Å². The molecular formula is C12H10N4NiO2. The number of nitrogens with one attached hydrogen (secondary N) is 2. The fourth-order valence-corrected chi connectivity index (χ4v) is 0.994. The molecule has 0 saturated heterocycles. The van der Waals surface area contributed by atoms with E-state index in [1.807, 2.05) is 0 Å². The van der Waals surface area contributed by atoms with E-state index in [1.54, 1.807) is 24.3 Å². The average molecular weight is 301 g/mol. The number of hydrogen-bond acceptors (Lipinski definition) is 4. The van der Waals surface area contributed by atoms with Crippen LogP contribution >= 0.6 is 0 Å². The Morgan fingerprint density at radius 3 is 1.32 bits per heavy atom. The topological polar surface area (TPSA) is 108 Å². The second-order valence-electron chi connectivity index (χ2n) is 3.09. The molecule has 6 nitrogen and oxygen atoms in total. The second kappa shape index (κ2) is 8.77. The van der Waals surface area contributed by atoms with E-state index in [0.717, 1.165) is 0 Å². The molecule has 7 heteroatoms. The quantitative estimate of drug-likeness (QED) is 0.794. The van der Waals surface area contributed by atoms with Crippen molar-refractivity contribution in [3.8, 4) is 0 Å². The van der Waals surface area contributed by atoms with Gasteiger partial charge in [-0.15, -0.1) is 0 Å². The van der Waals surface area contributed by atoms with Gasteiger partial charge in [0.25, 0.3) is 0 Å². The third kappa shape index (κ3) is 6.28. The van der Waals surface area contributed by atoms with Crippen LogP contribution in [0.4, 0.5) is 0 Å². The first-order valence-corrected chi connectivity index (χ1v) is 4.95. The van der Waals surface area contributed by atoms with Crippen LogP contribution in [0.15, 0.2) is 48.8 Å². The Morgan fingerprint density at radius 1 is 0.789 bits per heavy atom. The molecule has 100 valence electrons. The van der Waals surface area contributed by atoms with E-state index in [9.17, 15) is 9.59 Å². The summed E-state index contributed by atoms with van der Waals surface area (Å²) < 4.78 is 0. The summed E-state index contributed by atoms with van der Waals surface area (Å²) in [6.07, 6.45) is 2.98. The monoisotopic (exact) mass is 300 g/mol. The number of amides is 2. The molecule has 2 heterocycles. The van der Waals surface area contributed by atoms with Crippen molar-refractivity contribution in [2.24, 2.45) is 0 Å². The largest absolute Gasteiger partial charge is 2.00 e. The van der Waals surface area contributed by atoms with E-state index in [-0.39, 0.29) is 27.9 Å². The third-order valence-corrected chi connectivity index (χ3v) is 1.80. The van der Waals surface area contributed by atoms with E-state index in [0.29, 0.717) is 0 Å². The number of hydrogen-bond donors (Lipinski definition) is 0. The Balaban J connectivity index is 0.000000324. The van der Waals surface area contributed by atoms with Gasteiger partial charge in [-0.1, -0.05) is 12.1 Å². The molecule has 2 rings (SSSR count). The average Bonchev–Trinajstić information content (AvgIpc) is 2.41. The van der Waals surface area contributed by atoms with Gasteiger partial charge in [-0.25, -0.2) is 0 Å². The molecule has 0 fully saturated rings. The molecule has 0 bridgehead atoms. The van der Waals surface area contributed by atoms with E-state index in [1.165, 1.54) is 24.5 Å². The van der Waals surface area contributed by atoms with Crippen LogP contribution < -0.4 is 0 Å². The third-order valence-electron chi connectivity index (χ3n) is 1.80. The molecule has 0 aliphatic carbocycles. The predicted octanol–water partition coefficient (Wildman–Crippen LogP) is 2.55. The van der Waals surface area contributed by atoms with Crippen LogP contribution in [0.1, 0.15) is 21.0 Å². The number of carbonyl (C=O) groups excluding carboxylic acids is 2. The molecule has 2 aromatic heterocycles. The number of nitrogens with zero attached hydrogens (tertiary/aromatic N) is 2. The van der Waals surface area contributed by atoms with Gasteiger partial charge in [-0.05, 0) is 24.3 Å². The molecular weight excluding hydrogens is 291 g/mol. The van der Waals surface area contributed by atoms with Crippen LogP contribution in [0.5, 0.6) is 0 Å². The molecule has 2 aromatic rings. The van der Waals surface area contributed by atoms with Crippen LogP contribution in [0, 0.1) is 0 Å². The first-order chi connectivity index (χ1) is 8.61. The first-order valence-electron chi connectivity index (χ1n) is 4.95. The number of pyridine rings is 2. The van der Waals surface area contributed by atoms with Crippen molar-refractivity contribution < 1.29 is 26.1 Å². The fraction of sp³-hybridized carbons (Fsp3) is 0. The van der Waals surface area contributed by atoms with Crippen molar-refractivity contribution >= 4 is 11.8 Å². The Morgan fingerprint density at radius 2 is 1.16 bits per heavy atom. The maximum Gasteiger partial charge on any atom is 2.00 e. The Hall–Kier alpha value is -2.27. The van der Waals surface area contributed by atoms with Crippen LogP contribution in [0.25, 0.3) is 11.5 Å². The van der Waals surface area contributed by atoms with Crippen LogP contribution in [-0.2, 0) is 16.5 Å². The summed E-state index contributed by atoms with van der Waals surface area (Å²) in [6, 6.07) is 9.77. The molecule has 0 saturated carbocycles. The second-order valence-corrected chi connectivity index (χ2v) is 3.09. The van der Waals surface area contributed by atoms with Gasteiger partial charge in [-0.2, -0.15) is 0 Å². The van der Waals surface area contributed by atoms with Crippen molar-refractivity contribution in [1.29, 1.82) is 0 Å². The van der Waals surface area contributed by atoms with Crippen molar-refractivity contribution in [3.63, 3.8) is 0 Å². The predicted molar refractivity (Wildman–Crippen MR) is 65.8 cm³/mol. The van der Waals surface area contributed by atoms with E-state index in [2.05, 4.69) is 9.97 Å². The van der Waals surface area contributed by atoms with Crippen molar-refractivity contribution in [1.82, 2.24) is 9.97 Å². The smallest absolute Gasteiger partial charge is 0.662 e. The van der Waals surface area contributed by atoms with Crippen molar-refractivity contribution in [3.05, 3.63) is 71.6 Å². The van der Waals surface area contributed by atoms with Gasteiger partial charge in [0.1, 0.15) is 0 Å². The van der Waals surface area contributed by atoms with Gasteiger partial charge in [0, 0.05) is 12.4 Å². The zero-order chi connectivity index (χ0) is 13.4. The summed E-state index contributed by atoms with van der Waals surface area (Å²) in [5, 5.41) is 0. The summed E-state index contributed by atoms with van der Waals surface area (Å²) in [6.45, 7) is 0. The fourth-order valence-electron chi connectivity index (χ4n) is 0.994. The van der Waals surface area contributed by atoms with Crippen molar-refractivity contribution in [2.45, 2.75) is 0 Å². The zero-order valence-corrected chi connectivity index (χ0v) is 10.6. The summed E-state index contributed by atoms with van der Waals surface area (Å²) in [7, 11) is 0. The minimum atomic E-state index is -0.740. The number of carbonyl (C=O) groups is 2. The number of aromatic nitrogens is 2. The van der Waals surface area contributed by atoms with Gasteiger partial charge in [0.05, 0.1) is 23.2 Å². The van der Waals surface area contributed by atoms with Crippen LogP contribution in [-0.4, -0.2) is 21.8 Å². The normalized spacial score (nSPS) is 8.42.